The van der Waals surface area contributed by atoms with Gasteiger partial charge in [-0.15, -0.1) is 6.58 Å². The van der Waals surface area contributed by atoms with Gasteiger partial charge in [-0.1, -0.05) is 200 Å². The van der Waals surface area contributed by atoms with Crippen molar-refractivity contribution < 1.29 is 19.1 Å². The summed E-state index contributed by atoms with van der Waals surface area (Å²) in [7, 11) is 3.71. The lowest BCUT2D eigenvalue weighted by Crippen LogP contribution is -2.29. The molecule has 1 unspecified atom stereocenters. The van der Waals surface area contributed by atoms with Gasteiger partial charge in [0.05, 0.1) is 12.2 Å². The lowest BCUT2D eigenvalue weighted by atomic mass is 10.0. The summed E-state index contributed by atoms with van der Waals surface area (Å²) in [5, 5.41) is 0. The number of methoxy groups -OCH3 is 2. The van der Waals surface area contributed by atoms with Gasteiger partial charge in [0.1, 0.15) is 12.6 Å². The first-order valence-electron chi connectivity index (χ1n) is 25.6. The van der Waals surface area contributed by atoms with Gasteiger partial charge in [-0.3, -0.25) is 4.72 Å². The van der Waals surface area contributed by atoms with Crippen LogP contribution in [0.5, 0.6) is 0 Å². The first-order valence-corrected chi connectivity index (χ1v) is 26.6. The molecule has 0 rings (SSSR count). The maximum Gasteiger partial charge on any atom is 0.119 e. The Labute approximate surface area is 375 Å². The summed E-state index contributed by atoms with van der Waals surface area (Å²) >= 11 is 1.73. The van der Waals surface area contributed by atoms with Crippen molar-refractivity contribution in [1.29, 1.82) is 0 Å². The highest BCUT2D eigenvalue weighted by Gasteiger charge is 2.07. The van der Waals surface area contributed by atoms with Gasteiger partial charge in [0, 0.05) is 39.4 Å². The van der Waals surface area contributed by atoms with Gasteiger partial charge in [-0.05, 0) is 77.4 Å². The number of aldehydes is 2. The molecular formula is C52H106N2O4S. The van der Waals surface area contributed by atoms with Gasteiger partial charge >= 0.3 is 0 Å². The van der Waals surface area contributed by atoms with Crippen LogP contribution in [0, 0.1) is 0 Å². The lowest BCUT2D eigenvalue weighted by Gasteiger charge is -2.22. The molecule has 59 heavy (non-hydrogen) atoms. The Balaban J connectivity index is -0.000000853. The number of unbranched alkanes of at least 4 members (excludes halogenated alkanes) is 25. The Morgan fingerprint density at radius 1 is 0.492 bits per heavy atom. The normalized spacial score (nSPS) is 11.6. The third-order valence-electron chi connectivity index (χ3n) is 11.4. The minimum Gasteiger partial charge on any atom is -0.381 e. The van der Waals surface area contributed by atoms with Crippen molar-refractivity contribution in [2.75, 3.05) is 46.2 Å². The quantitative estimate of drug-likeness (QED) is 0.0283. The molecule has 0 aromatic rings. The maximum absolute atomic E-state index is 10.3. The summed E-state index contributed by atoms with van der Waals surface area (Å²) in [5.74, 6) is 0.956. The van der Waals surface area contributed by atoms with E-state index in [1.807, 2.05) is 20.3 Å². The molecule has 0 saturated heterocycles. The molecule has 0 fully saturated rings. The molecule has 6 nitrogen and oxygen atoms in total. The van der Waals surface area contributed by atoms with Crippen molar-refractivity contribution in [2.24, 2.45) is 0 Å². The molecular weight excluding hydrogens is 749 g/mol. The third-order valence-corrected chi connectivity index (χ3v) is 12.2. The molecule has 0 heterocycles. The fourth-order valence-electron chi connectivity index (χ4n) is 7.41. The highest BCUT2D eigenvalue weighted by molar-refractivity contribution is 7.97. The minimum absolute atomic E-state index is 0.506. The van der Waals surface area contributed by atoms with Crippen molar-refractivity contribution in [1.82, 2.24) is 9.62 Å². The molecule has 1 atom stereocenters. The van der Waals surface area contributed by atoms with Crippen LogP contribution in [0.1, 0.15) is 252 Å². The summed E-state index contributed by atoms with van der Waals surface area (Å²) in [6, 6.07) is 0. The summed E-state index contributed by atoms with van der Waals surface area (Å²) in [6.07, 6.45) is 49.6. The summed E-state index contributed by atoms with van der Waals surface area (Å²) in [6.45, 7) is 17.4. The van der Waals surface area contributed by atoms with Crippen LogP contribution in [-0.2, 0) is 19.1 Å². The molecule has 0 aromatic carbocycles. The average Bonchev–Trinajstić information content (AvgIpc) is 3.25. The zero-order valence-electron chi connectivity index (χ0n) is 40.9. The molecule has 0 bridgehead atoms. The predicted molar refractivity (Wildman–Crippen MR) is 265 cm³/mol. The Morgan fingerprint density at radius 2 is 0.847 bits per heavy atom. The fraction of sp³-hybridized carbons (Fsp3) is 0.923. The van der Waals surface area contributed by atoms with Gasteiger partial charge in [-0.25, -0.2) is 0 Å². The van der Waals surface area contributed by atoms with E-state index < -0.39 is 0 Å². The van der Waals surface area contributed by atoms with Gasteiger partial charge in [0.2, 0.25) is 0 Å². The number of ether oxygens (including phenoxy) is 2. The topological polar surface area (TPSA) is 67.9 Å². The van der Waals surface area contributed by atoms with Gasteiger partial charge in [-0.2, -0.15) is 0 Å². The van der Waals surface area contributed by atoms with Crippen LogP contribution in [-0.4, -0.2) is 75.8 Å². The molecule has 0 spiro atoms. The van der Waals surface area contributed by atoms with Gasteiger partial charge in [0.25, 0.3) is 0 Å². The van der Waals surface area contributed by atoms with E-state index in [1.54, 1.807) is 11.9 Å². The highest BCUT2D eigenvalue weighted by Crippen LogP contribution is 2.16. The van der Waals surface area contributed by atoms with E-state index in [1.165, 1.54) is 206 Å². The number of nitrogens with one attached hydrogen (secondary N) is 1. The number of hydrogen-bond donors (Lipinski definition) is 1. The second-order valence-electron chi connectivity index (χ2n) is 16.9. The predicted octanol–water partition coefficient (Wildman–Crippen LogP) is 15.8. The summed E-state index contributed by atoms with van der Waals surface area (Å²) < 4.78 is 14.3. The SMILES string of the molecule is C=CCSNCCCN(CCCCCCCC=O)CCCCCCCC=O.CCCCCCCCC(CC)OC.CCCCCCCCC(CCCCCCCC)OC. The molecule has 354 valence electrons. The Morgan fingerprint density at radius 3 is 1.22 bits per heavy atom. The Hall–Kier alpha value is -0.730. The lowest BCUT2D eigenvalue weighted by molar-refractivity contribution is -0.108. The number of nitrogens with zero attached hydrogens (tertiary/aromatic N) is 1. The van der Waals surface area contributed by atoms with Gasteiger partial charge < -0.3 is 24.0 Å². The molecule has 0 radical (unpaired) electrons. The molecule has 0 aliphatic rings. The van der Waals surface area contributed by atoms with E-state index in [4.69, 9.17) is 9.47 Å². The van der Waals surface area contributed by atoms with Crippen LogP contribution in [0.25, 0.3) is 0 Å². The van der Waals surface area contributed by atoms with Gasteiger partial charge in [0.15, 0.2) is 0 Å². The first-order chi connectivity index (χ1) is 29.0. The number of rotatable bonds is 47. The molecule has 0 saturated carbocycles. The van der Waals surface area contributed by atoms with Crippen LogP contribution >= 0.6 is 11.9 Å². The molecule has 0 aliphatic carbocycles. The number of carbonyl (C=O) groups is 2. The zero-order chi connectivity index (χ0) is 44.0. The number of hydrogen-bond acceptors (Lipinski definition) is 7. The monoisotopic (exact) mass is 855 g/mol. The largest absolute Gasteiger partial charge is 0.381 e. The second-order valence-corrected chi connectivity index (χ2v) is 17.8. The van der Waals surface area contributed by atoms with E-state index in [2.05, 4.69) is 43.9 Å². The van der Waals surface area contributed by atoms with Crippen LogP contribution in [0.3, 0.4) is 0 Å². The average molecular weight is 855 g/mol. The zero-order valence-corrected chi connectivity index (χ0v) is 41.7. The minimum atomic E-state index is 0.506. The molecule has 1 N–H and O–H groups in total. The van der Waals surface area contributed by atoms with Crippen molar-refractivity contribution in [3.63, 3.8) is 0 Å². The third kappa shape index (κ3) is 57.3. The van der Waals surface area contributed by atoms with E-state index in [0.29, 0.717) is 12.2 Å². The smallest absolute Gasteiger partial charge is 0.119 e. The van der Waals surface area contributed by atoms with Crippen LogP contribution < -0.4 is 4.72 Å². The first kappa shape index (κ1) is 62.6. The standard InChI is InChI=1S/C22H42N2O2S.C18H38O.C12H26O/c1-2-22-27-23-16-15-19-24(17-11-7-3-5-9-13-20-25)18-12-8-4-6-10-14-21-26;1-4-6-8-10-12-14-16-18(19-3)17-15-13-11-9-7-5-2;1-4-6-7-8-9-10-11-12(5-2)13-3/h2,20-21,23H,1,3-19,22H2;18H,4-17H2,1-3H3;12H,4-11H2,1-3H3. The molecule has 0 aliphatic heterocycles. The molecule has 0 aromatic heterocycles. The number of carbonyl (C=O) groups excluding carboxylic acids is 2. The second kappa shape index (κ2) is 59.4. The van der Waals surface area contributed by atoms with Crippen molar-refractivity contribution >= 4 is 24.5 Å². The summed E-state index contributed by atoms with van der Waals surface area (Å²) in [4.78, 5) is 23.3. The molecule has 0 amide bonds. The summed E-state index contributed by atoms with van der Waals surface area (Å²) in [5.41, 5.74) is 0. The highest BCUT2D eigenvalue weighted by atomic mass is 32.2. The van der Waals surface area contributed by atoms with Crippen molar-refractivity contribution in [2.45, 2.75) is 265 Å². The maximum atomic E-state index is 10.3. The van der Waals surface area contributed by atoms with Crippen LogP contribution in [0.2, 0.25) is 0 Å². The van der Waals surface area contributed by atoms with Crippen LogP contribution in [0.15, 0.2) is 12.7 Å². The molecule has 7 heteroatoms. The van der Waals surface area contributed by atoms with E-state index in [0.717, 1.165) is 63.5 Å². The van der Waals surface area contributed by atoms with E-state index in [9.17, 15) is 9.59 Å². The van der Waals surface area contributed by atoms with E-state index >= 15 is 0 Å². The van der Waals surface area contributed by atoms with E-state index in [-0.39, 0.29) is 0 Å². The fourth-order valence-corrected chi connectivity index (χ4v) is 7.94. The Bertz CT molecular complexity index is 731. The van der Waals surface area contributed by atoms with Crippen molar-refractivity contribution in [3.05, 3.63) is 12.7 Å². The Kier molecular flexibility index (Phi) is 62.9. The van der Waals surface area contributed by atoms with Crippen LogP contribution in [0.4, 0.5) is 0 Å². The van der Waals surface area contributed by atoms with Crippen molar-refractivity contribution in [3.8, 4) is 0 Å².